The number of carbonyl (C=O) groups excluding carboxylic acids is 1. The van der Waals surface area contributed by atoms with Crippen molar-refractivity contribution in [3.8, 4) is 5.75 Å². The Morgan fingerprint density at radius 2 is 2.11 bits per heavy atom. The van der Waals surface area contributed by atoms with Crippen LogP contribution in [0.15, 0.2) is 51.0 Å². The van der Waals surface area contributed by atoms with Crippen molar-refractivity contribution in [2.75, 3.05) is 6.61 Å². The Labute approximate surface area is 158 Å². The predicted octanol–water partition coefficient (Wildman–Crippen LogP) is -0.207. The number of para-hydroxylation sites is 1. The van der Waals surface area contributed by atoms with Crippen LogP contribution in [0.3, 0.4) is 0 Å². The van der Waals surface area contributed by atoms with Crippen LogP contribution in [-0.2, 0) is 16.1 Å². The molecule has 1 aromatic heterocycles. The van der Waals surface area contributed by atoms with Gasteiger partial charge in [0.2, 0.25) is 17.1 Å². The molecule has 2 aromatic rings. The summed E-state index contributed by atoms with van der Waals surface area (Å²) in [7, 11) is 0. The van der Waals surface area contributed by atoms with Crippen LogP contribution in [0.2, 0.25) is 0 Å². The van der Waals surface area contributed by atoms with Gasteiger partial charge in [-0.15, -0.1) is 0 Å². The van der Waals surface area contributed by atoms with E-state index in [1.54, 1.807) is 13.0 Å². The summed E-state index contributed by atoms with van der Waals surface area (Å²) in [6, 6.07) is 6.94. The minimum Gasteiger partial charge on any atom is -0.595 e. The number of ether oxygens (including phenoxy) is 2. The zero-order valence-corrected chi connectivity index (χ0v) is 14.8. The number of aliphatic hydroxyl groups is 1. The smallest absolute Gasteiger partial charge is 0.340 e. The van der Waals surface area contributed by atoms with Gasteiger partial charge in [0.15, 0.2) is 11.4 Å². The molecule has 0 saturated carbocycles. The Hall–Kier alpha value is -3.18. The fourth-order valence-electron chi connectivity index (χ4n) is 3.02. The van der Waals surface area contributed by atoms with Crippen molar-refractivity contribution in [3.63, 3.8) is 0 Å². The highest BCUT2D eigenvalue weighted by Crippen LogP contribution is 2.43. The third-order valence-corrected chi connectivity index (χ3v) is 4.16. The van der Waals surface area contributed by atoms with Crippen molar-refractivity contribution < 1.29 is 34.2 Å². The molecule has 148 valence electrons. The summed E-state index contributed by atoms with van der Waals surface area (Å²) in [6.07, 6.45) is 0. The van der Waals surface area contributed by atoms with Crippen LogP contribution in [-0.4, -0.2) is 22.9 Å². The molecule has 2 heterocycles. The Bertz CT molecular complexity index is 995. The summed E-state index contributed by atoms with van der Waals surface area (Å²) in [5.41, 5.74) is 5.11. The third kappa shape index (κ3) is 3.37. The Morgan fingerprint density at radius 1 is 1.39 bits per heavy atom. The van der Waals surface area contributed by atoms with Gasteiger partial charge in [0.25, 0.3) is 0 Å². The van der Waals surface area contributed by atoms with Crippen LogP contribution < -0.4 is 21.1 Å². The van der Waals surface area contributed by atoms with Crippen molar-refractivity contribution in [2.45, 2.75) is 19.4 Å². The molecule has 1 aromatic carbocycles. The number of benzene rings is 1. The molecule has 0 aliphatic carbocycles. The summed E-state index contributed by atoms with van der Waals surface area (Å²) in [5, 5.41) is 29.4. The summed E-state index contributed by atoms with van der Waals surface area (Å²) in [5.74, 6) is -2.90. The van der Waals surface area contributed by atoms with E-state index in [9.17, 15) is 25.1 Å². The topological polar surface area (TPSA) is 160 Å². The molecular formula is C18H18N2O8. The van der Waals surface area contributed by atoms with Crippen molar-refractivity contribution in [3.05, 3.63) is 74.3 Å². The molecule has 28 heavy (non-hydrogen) atoms. The standard InChI is InChI=1S/C18H18N2O8/c1-2-26-18(23)14-13(10-5-3-4-6-11(10)20(24)25)16-15(28-17(14)19)12(22)7-9(8-21)27-16/h3-7,13,20-21,24H,2,8,19H2,1H3/t13-/m0/s1. The van der Waals surface area contributed by atoms with Gasteiger partial charge in [0.05, 0.1) is 12.5 Å². The zero-order valence-electron chi connectivity index (χ0n) is 14.8. The highest BCUT2D eigenvalue weighted by molar-refractivity contribution is 5.92. The van der Waals surface area contributed by atoms with Crippen LogP contribution in [0.1, 0.15) is 29.9 Å². The van der Waals surface area contributed by atoms with Gasteiger partial charge in [0.1, 0.15) is 17.9 Å². The number of hydrogen-bond acceptors (Lipinski definition) is 9. The lowest BCUT2D eigenvalue weighted by Crippen LogP contribution is -2.99. The van der Waals surface area contributed by atoms with E-state index < -0.39 is 29.1 Å². The number of fused-ring (bicyclic) bond motifs is 1. The fraction of sp³-hybridized carbons (Fsp3) is 0.222. The van der Waals surface area contributed by atoms with Crippen LogP contribution >= 0.6 is 0 Å². The Morgan fingerprint density at radius 3 is 2.75 bits per heavy atom. The number of aliphatic hydroxyl groups excluding tert-OH is 1. The average molecular weight is 390 g/mol. The van der Waals surface area contributed by atoms with E-state index in [0.717, 1.165) is 6.07 Å². The van der Waals surface area contributed by atoms with Gasteiger partial charge in [-0.25, -0.2) is 10.0 Å². The van der Waals surface area contributed by atoms with Crippen molar-refractivity contribution >= 4 is 11.7 Å². The molecule has 0 bridgehead atoms. The lowest BCUT2D eigenvalue weighted by atomic mass is 9.85. The second-order valence-corrected chi connectivity index (χ2v) is 5.85. The molecule has 3 rings (SSSR count). The summed E-state index contributed by atoms with van der Waals surface area (Å²) in [6.45, 7) is 1.05. The molecular weight excluding hydrogens is 372 g/mol. The van der Waals surface area contributed by atoms with Gasteiger partial charge in [-0.1, -0.05) is 18.2 Å². The van der Waals surface area contributed by atoms with Crippen molar-refractivity contribution in [2.24, 2.45) is 5.73 Å². The van der Waals surface area contributed by atoms with E-state index in [4.69, 9.17) is 19.6 Å². The molecule has 10 heteroatoms. The van der Waals surface area contributed by atoms with E-state index in [1.165, 1.54) is 18.2 Å². The SMILES string of the molecule is CCOC(=O)C1=C(N)Oc2c(oc(CO)cc2=O)[C@H]1c1ccccc1[NH+]([O-])O. The largest absolute Gasteiger partial charge is 0.595 e. The highest BCUT2D eigenvalue weighted by Gasteiger charge is 2.41. The summed E-state index contributed by atoms with van der Waals surface area (Å²) >= 11 is 0. The minimum atomic E-state index is -1.24. The molecule has 0 saturated heterocycles. The first-order chi connectivity index (χ1) is 13.4. The first kappa shape index (κ1) is 19.6. The maximum Gasteiger partial charge on any atom is 0.340 e. The molecule has 1 unspecified atom stereocenters. The lowest BCUT2D eigenvalue weighted by molar-refractivity contribution is -0.991. The molecule has 1 aliphatic rings. The number of quaternary nitrogens is 1. The van der Waals surface area contributed by atoms with E-state index in [0.29, 0.717) is 0 Å². The molecule has 2 atom stereocenters. The second kappa shape index (κ2) is 7.82. The van der Waals surface area contributed by atoms with Gasteiger partial charge in [-0.3, -0.25) is 4.79 Å². The van der Waals surface area contributed by atoms with E-state index in [-0.39, 0.29) is 46.6 Å². The molecule has 0 radical (unpaired) electrons. The van der Waals surface area contributed by atoms with Crippen LogP contribution in [0, 0.1) is 5.21 Å². The number of carbonyl (C=O) groups is 1. The van der Waals surface area contributed by atoms with Gasteiger partial charge in [0, 0.05) is 17.7 Å². The number of nitrogens with two attached hydrogens (primary N) is 1. The molecule has 0 spiro atoms. The first-order valence-electron chi connectivity index (χ1n) is 8.33. The van der Waals surface area contributed by atoms with Crippen LogP contribution in [0.5, 0.6) is 5.75 Å². The third-order valence-electron chi connectivity index (χ3n) is 4.16. The highest BCUT2D eigenvalue weighted by atomic mass is 16.8. The summed E-state index contributed by atoms with van der Waals surface area (Å²) in [4.78, 5) is 24.9. The van der Waals surface area contributed by atoms with Gasteiger partial charge < -0.3 is 29.9 Å². The monoisotopic (exact) mass is 390 g/mol. The maximum atomic E-state index is 12.6. The summed E-state index contributed by atoms with van der Waals surface area (Å²) < 4.78 is 15.9. The van der Waals surface area contributed by atoms with E-state index >= 15 is 0 Å². The normalized spacial score (nSPS) is 16.9. The van der Waals surface area contributed by atoms with Gasteiger partial charge in [-0.2, -0.15) is 5.23 Å². The zero-order chi connectivity index (χ0) is 20.4. The maximum absolute atomic E-state index is 12.6. The molecule has 10 nitrogen and oxygen atoms in total. The Kier molecular flexibility index (Phi) is 5.47. The fourth-order valence-corrected chi connectivity index (χ4v) is 3.02. The lowest BCUT2D eigenvalue weighted by Gasteiger charge is -2.28. The number of hydrogen-bond donors (Lipinski definition) is 4. The molecule has 0 fully saturated rings. The predicted molar refractivity (Wildman–Crippen MR) is 93.4 cm³/mol. The molecule has 0 amide bonds. The Balaban J connectivity index is 2.33. The number of nitrogens with one attached hydrogen (secondary N) is 1. The quantitative estimate of drug-likeness (QED) is 0.400. The van der Waals surface area contributed by atoms with Gasteiger partial charge >= 0.3 is 5.97 Å². The van der Waals surface area contributed by atoms with Crippen LogP contribution in [0.4, 0.5) is 5.69 Å². The minimum absolute atomic E-state index is 0.0381. The molecule has 1 aliphatic heterocycles. The number of esters is 1. The average Bonchev–Trinajstić information content (AvgIpc) is 2.67. The first-order valence-corrected chi connectivity index (χ1v) is 8.33. The van der Waals surface area contributed by atoms with Crippen molar-refractivity contribution in [1.29, 1.82) is 0 Å². The number of rotatable bonds is 5. The van der Waals surface area contributed by atoms with Crippen LogP contribution in [0.25, 0.3) is 0 Å². The van der Waals surface area contributed by atoms with E-state index in [1.807, 2.05) is 0 Å². The molecule has 5 N–H and O–H groups in total. The van der Waals surface area contributed by atoms with Gasteiger partial charge in [-0.05, 0) is 6.92 Å². The van der Waals surface area contributed by atoms with E-state index in [2.05, 4.69) is 0 Å². The second-order valence-electron chi connectivity index (χ2n) is 5.85. The van der Waals surface area contributed by atoms with Crippen molar-refractivity contribution in [1.82, 2.24) is 0 Å².